The van der Waals surface area contributed by atoms with Crippen LogP contribution in [0.25, 0.3) is 5.70 Å². The van der Waals surface area contributed by atoms with Crippen LogP contribution in [0.2, 0.25) is 0 Å². The van der Waals surface area contributed by atoms with Crippen molar-refractivity contribution in [3.8, 4) is 0 Å². The Labute approximate surface area is 88.5 Å². The molecule has 0 fully saturated rings. The van der Waals surface area contributed by atoms with Crippen LogP contribution in [0.1, 0.15) is 29.3 Å². The van der Waals surface area contributed by atoms with Crippen LogP contribution in [0, 0.1) is 0 Å². The first-order chi connectivity index (χ1) is 7.29. The van der Waals surface area contributed by atoms with Gasteiger partial charge in [0.25, 0.3) is 5.91 Å². The fourth-order valence-electron chi connectivity index (χ4n) is 2.25. The van der Waals surface area contributed by atoms with Crippen molar-refractivity contribution >= 4 is 11.6 Å². The second kappa shape index (κ2) is 2.83. The summed E-state index contributed by atoms with van der Waals surface area (Å²) in [6.45, 7) is 2.08. The number of hydrogen-bond acceptors (Lipinski definition) is 1. The Kier molecular flexibility index (Phi) is 1.60. The topological polar surface area (TPSA) is 20.3 Å². The average molecular weight is 197 g/mol. The number of amides is 1. The van der Waals surface area contributed by atoms with Crippen molar-refractivity contribution in [2.75, 3.05) is 0 Å². The molecule has 1 aromatic carbocycles. The third-order valence-corrected chi connectivity index (χ3v) is 2.96. The molecule has 2 aliphatic rings. The SMILES string of the molecule is CC1=C2c3ccccc3C(=O)N2C=CC1. The Hall–Kier alpha value is -1.83. The minimum Gasteiger partial charge on any atom is -0.284 e. The van der Waals surface area contributed by atoms with Crippen molar-refractivity contribution in [1.82, 2.24) is 4.90 Å². The molecule has 74 valence electrons. The van der Waals surface area contributed by atoms with Crippen molar-refractivity contribution in [3.63, 3.8) is 0 Å². The van der Waals surface area contributed by atoms with Crippen LogP contribution in [-0.4, -0.2) is 10.8 Å². The van der Waals surface area contributed by atoms with Crippen molar-refractivity contribution in [3.05, 3.63) is 53.2 Å². The minimum atomic E-state index is 0.0934. The first-order valence-corrected chi connectivity index (χ1v) is 5.08. The van der Waals surface area contributed by atoms with E-state index in [1.54, 1.807) is 4.90 Å². The number of hydrogen-bond donors (Lipinski definition) is 0. The van der Waals surface area contributed by atoms with Crippen LogP contribution in [0.3, 0.4) is 0 Å². The summed E-state index contributed by atoms with van der Waals surface area (Å²) in [5.41, 5.74) is 4.23. The molecule has 0 aromatic heterocycles. The van der Waals surface area contributed by atoms with Gasteiger partial charge in [-0.1, -0.05) is 24.3 Å². The molecular weight excluding hydrogens is 186 g/mol. The van der Waals surface area contributed by atoms with Crippen LogP contribution >= 0.6 is 0 Å². The molecule has 15 heavy (non-hydrogen) atoms. The molecule has 2 heteroatoms. The van der Waals surface area contributed by atoms with E-state index >= 15 is 0 Å². The highest BCUT2D eigenvalue weighted by Gasteiger charge is 2.32. The quantitative estimate of drug-likeness (QED) is 0.626. The molecule has 0 unspecified atom stereocenters. The molecule has 1 aromatic rings. The smallest absolute Gasteiger partial charge is 0.263 e. The van der Waals surface area contributed by atoms with Gasteiger partial charge in [-0.05, 0) is 25.0 Å². The number of nitrogens with zero attached hydrogens (tertiary/aromatic N) is 1. The Balaban J connectivity index is 2.30. The van der Waals surface area contributed by atoms with E-state index in [-0.39, 0.29) is 5.91 Å². The molecule has 2 nitrogen and oxygen atoms in total. The second-order valence-electron chi connectivity index (χ2n) is 3.94. The zero-order chi connectivity index (χ0) is 10.4. The van der Waals surface area contributed by atoms with Gasteiger partial charge in [0.2, 0.25) is 0 Å². The van der Waals surface area contributed by atoms with Gasteiger partial charge in [-0.2, -0.15) is 0 Å². The van der Waals surface area contributed by atoms with Gasteiger partial charge in [-0.3, -0.25) is 9.69 Å². The fourth-order valence-corrected chi connectivity index (χ4v) is 2.25. The van der Waals surface area contributed by atoms with Crippen LogP contribution in [0.4, 0.5) is 0 Å². The molecule has 3 rings (SSSR count). The largest absolute Gasteiger partial charge is 0.284 e. The van der Waals surface area contributed by atoms with Crippen molar-refractivity contribution in [2.24, 2.45) is 0 Å². The molecule has 0 aliphatic carbocycles. The van der Waals surface area contributed by atoms with Gasteiger partial charge in [0.05, 0.1) is 5.70 Å². The monoisotopic (exact) mass is 197 g/mol. The summed E-state index contributed by atoms with van der Waals surface area (Å²) in [5.74, 6) is 0.0934. The maximum atomic E-state index is 12.0. The lowest BCUT2D eigenvalue weighted by molar-refractivity contribution is 0.0890. The van der Waals surface area contributed by atoms with E-state index in [4.69, 9.17) is 0 Å². The van der Waals surface area contributed by atoms with Crippen LogP contribution in [0.5, 0.6) is 0 Å². The predicted octanol–water partition coefficient (Wildman–Crippen LogP) is 2.79. The first kappa shape index (κ1) is 8.48. The van der Waals surface area contributed by atoms with Gasteiger partial charge in [0, 0.05) is 17.3 Å². The molecule has 0 saturated carbocycles. The second-order valence-corrected chi connectivity index (χ2v) is 3.94. The summed E-state index contributed by atoms with van der Waals surface area (Å²) < 4.78 is 0. The fraction of sp³-hybridized carbons (Fsp3) is 0.154. The number of benzene rings is 1. The maximum absolute atomic E-state index is 12.0. The lowest BCUT2D eigenvalue weighted by Crippen LogP contribution is -2.18. The minimum absolute atomic E-state index is 0.0934. The lowest BCUT2D eigenvalue weighted by atomic mass is 10.0. The Bertz CT molecular complexity index is 511. The van der Waals surface area contributed by atoms with Crippen molar-refractivity contribution in [1.29, 1.82) is 0 Å². The molecule has 0 radical (unpaired) electrons. The standard InChI is InChI=1S/C13H11NO/c1-9-5-4-8-14-12(9)10-6-2-3-7-11(10)13(14)15/h2-4,6-8H,5H2,1H3. The van der Waals surface area contributed by atoms with Gasteiger partial charge in [-0.15, -0.1) is 0 Å². The van der Waals surface area contributed by atoms with E-state index in [1.807, 2.05) is 36.5 Å². The average Bonchev–Trinajstić information content (AvgIpc) is 2.55. The molecule has 0 bridgehead atoms. The number of carbonyl (C=O) groups excluding carboxylic acids is 1. The van der Waals surface area contributed by atoms with Crippen LogP contribution < -0.4 is 0 Å². The van der Waals surface area contributed by atoms with E-state index in [2.05, 4.69) is 6.92 Å². The lowest BCUT2D eigenvalue weighted by Gasteiger charge is -2.19. The van der Waals surface area contributed by atoms with E-state index in [1.165, 1.54) is 5.57 Å². The first-order valence-electron chi connectivity index (χ1n) is 5.08. The van der Waals surface area contributed by atoms with Gasteiger partial charge in [0.1, 0.15) is 0 Å². The molecule has 0 N–H and O–H groups in total. The third-order valence-electron chi connectivity index (χ3n) is 2.96. The molecule has 0 spiro atoms. The van der Waals surface area contributed by atoms with E-state index in [9.17, 15) is 4.79 Å². The molecule has 0 atom stereocenters. The number of fused-ring (bicyclic) bond motifs is 3. The van der Waals surface area contributed by atoms with Crippen molar-refractivity contribution in [2.45, 2.75) is 13.3 Å². The van der Waals surface area contributed by atoms with Crippen LogP contribution in [-0.2, 0) is 0 Å². The highest BCUT2D eigenvalue weighted by molar-refractivity contribution is 6.10. The third kappa shape index (κ3) is 1.02. The van der Waals surface area contributed by atoms with Crippen LogP contribution in [0.15, 0.2) is 42.1 Å². The molecule has 0 saturated heterocycles. The Morgan fingerprint density at radius 3 is 2.73 bits per heavy atom. The zero-order valence-electron chi connectivity index (χ0n) is 8.53. The van der Waals surface area contributed by atoms with E-state index in [0.29, 0.717) is 0 Å². The van der Waals surface area contributed by atoms with Gasteiger partial charge in [-0.25, -0.2) is 0 Å². The summed E-state index contributed by atoms with van der Waals surface area (Å²) in [7, 11) is 0. The molecule has 2 aliphatic heterocycles. The van der Waals surface area contributed by atoms with Gasteiger partial charge < -0.3 is 0 Å². The number of allylic oxidation sites excluding steroid dienone is 2. The van der Waals surface area contributed by atoms with E-state index < -0.39 is 0 Å². The summed E-state index contributed by atoms with van der Waals surface area (Å²) in [6, 6.07) is 7.80. The van der Waals surface area contributed by atoms with Crippen molar-refractivity contribution < 1.29 is 4.79 Å². The highest BCUT2D eigenvalue weighted by Crippen LogP contribution is 2.37. The number of carbonyl (C=O) groups is 1. The van der Waals surface area contributed by atoms with Gasteiger partial charge in [0.15, 0.2) is 0 Å². The predicted molar refractivity (Wildman–Crippen MR) is 59.0 cm³/mol. The normalized spacial score (nSPS) is 18.2. The maximum Gasteiger partial charge on any atom is 0.263 e. The summed E-state index contributed by atoms with van der Waals surface area (Å²) >= 11 is 0. The Morgan fingerprint density at radius 1 is 1.20 bits per heavy atom. The summed E-state index contributed by atoms with van der Waals surface area (Å²) in [4.78, 5) is 13.8. The van der Waals surface area contributed by atoms with Gasteiger partial charge >= 0.3 is 0 Å². The molecular formula is C13H11NO. The molecule has 2 heterocycles. The highest BCUT2D eigenvalue weighted by atomic mass is 16.2. The zero-order valence-corrected chi connectivity index (χ0v) is 8.53. The van der Waals surface area contributed by atoms with E-state index in [0.717, 1.165) is 23.2 Å². The summed E-state index contributed by atoms with van der Waals surface area (Å²) in [5, 5.41) is 0. The molecule has 1 amide bonds. The Morgan fingerprint density at radius 2 is 1.93 bits per heavy atom. The number of rotatable bonds is 0. The summed E-state index contributed by atoms with van der Waals surface area (Å²) in [6.07, 6.45) is 4.85.